The fourth-order valence-electron chi connectivity index (χ4n) is 3.68. The first-order chi connectivity index (χ1) is 10.7. The molecule has 3 rings (SSSR count). The number of likely N-dealkylation sites (tertiary alicyclic amines) is 1. The Bertz CT molecular complexity index is 484. The molecule has 0 radical (unpaired) electrons. The molecular formula is C18H27N3O. The van der Waals surface area contributed by atoms with Gasteiger partial charge in [-0.15, -0.1) is 0 Å². The fraction of sp³-hybridized carbons (Fsp3) is 0.611. The lowest BCUT2D eigenvalue weighted by molar-refractivity contribution is -0.137. The van der Waals surface area contributed by atoms with E-state index in [1.54, 1.807) is 0 Å². The van der Waals surface area contributed by atoms with E-state index in [4.69, 9.17) is 0 Å². The quantitative estimate of drug-likeness (QED) is 0.920. The molecule has 1 N–H and O–H groups in total. The summed E-state index contributed by atoms with van der Waals surface area (Å²) < 4.78 is 0. The van der Waals surface area contributed by atoms with E-state index in [2.05, 4.69) is 40.5 Å². The molecule has 0 saturated carbocycles. The van der Waals surface area contributed by atoms with Gasteiger partial charge in [-0.2, -0.15) is 0 Å². The summed E-state index contributed by atoms with van der Waals surface area (Å²) >= 11 is 0. The van der Waals surface area contributed by atoms with Crippen LogP contribution in [-0.4, -0.2) is 55.0 Å². The topological polar surface area (TPSA) is 35.6 Å². The number of rotatable bonds is 4. The zero-order valence-corrected chi connectivity index (χ0v) is 13.5. The molecule has 2 unspecified atom stereocenters. The van der Waals surface area contributed by atoms with E-state index in [0.29, 0.717) is 11.9 Å². The monoisotopic (exact) mass is 301 g/mol. The first-order valence-electron chi connectivity index (χ1n) is 8.47. The number of piperidine rings is 1. The van der Waals surface area contributed by atoms with E-state index in [1.807, 2.05) is 11.9 Å². The summed E-state index contributed by atoms with van der Waals surface area (Å²) in [6, 6.07) is 10.9. The molecule has 120 valence electrons. The Morgan fingerprint density at radius 3 is 2.86 bits per heavy atom. The molecule has 0 aliphatic carbocycles. The highest BCUT2D eigenvalue weighted by Gasteiger charge is 2.31. The van der Waals surface area contributed by atoms with Crippen LogP contribution in [0.5, 0.6) is 0 Å². The molecule has 1 aromatic rings. The molecule has 2 fully saturated rings. The lowest BCUT2D eigenvalue weighted by Gasteiger charge is -2.35. The Balaban J connectivity index is 1.56. The van der Waals surface area contributed by atoms with Crippen molar-refractivity contribution in [2.24, 2.45) is 5.92 Å². The number of amides is 1. The van der Waals surface area contributed by atoms with E-state index in [9.17, 15) is 4.79 Å². The normalized spacial score (nSPS) is 26.0. The van der Waals surface area contributed by atoms with Crippen molar-refractivity contribution in [3.8, 4) is 0 Å². The molecule has 0 aromatic heterocycles. The van der Waals surface area contributed by atoms with Crippen molar-refractivity contribution in [1.82, 2.24) is 15.1 Å². The van der Waals surface area contributed by atoms with Gasteiger partial charge < -0.3 is 10.2 Å². The van der Waals surface area contributed by atoms with Crippen molar-refractivity contribution in [2.75, 3.05) is 33.2 Å². The number of nitrogens with zero attached hydrogens (tertiary/aromatic N) is 2. The third-order valence-electron chi connectivity index (χ3n) is 5.03. The first-order valence-corrected chi connectivity index (χ1v) is 8.47. The molecule has 1 aromatic carbocycles. The van der Waals surface area contributed by atoms with Crippen LogP contribution in [0.2, 0.25) is 0 Å². The van der Waals surface area contributed by atoms with Crippen LogP contribution in [0.25, 0.3) is 0 Å². The average molecular weight is 301 g/mol. The summed E-state index contributed by atoms with van der Waals surface area (Å²) in [6.45, 7) is 4.95. The molecular weight excluding hydrogens is 274 g/mol. The summed E-state index contributed by atoms with van der Waals surface area (Å²) in [7, 11) is 1.98. The van der Waals surface area contributed by atoms with Crippen LogP contribution in [0.3, 0.4) is 0 Å². The van der Waals surface area contributed by atoms with Crippen LogP contribution in [0.4, 0.5) is 0 Å². The maximum atomic E-state index is 12.8. The molecule has 2 saturated heterocycles. The van der Waals surface area contributed by atoms with Gasteiger partial charge in [-0.3, -0.25) is 9.69 Å². The highest BCUT2D eigenvalue weighted by Crippen LogP contribution is 2.22. The highest BCUT2D eigenvalue weighted by atomic mass is 16.2. The van der Waals surface area contributed by atoms with Gasteiger partial charge >= 0.3 is 0 Å². The van der Waals surface area contributed by atoms with Gasteiger partial charge in [0.2, 0.25) is 5.91 Å². The van der Waals surface area contributed by atoms with Crippen molar-refractivity contribution in [3.63, 3.8) is 0 Å². The minimum atomic E-state index is 0.170. The first kappa shape index (κ1) is 15.5. The predicted octanol–water partition coefficient (Wildman–Crippen LogP) is 1.72. The van der Waals surface area contributed by atoms with Gasteiger partial charge in [-0.05, 0) is 37.9 Å². The van der Waals surface area contributed by atoms with Crippen LogP contribution < -0.4 is 5.32 Å². The lowest BCUT2D eigenvalue weighted by Crippen LogP contribution is -2.47. The molecule has 0 spiro atoms. The fourth-order valence-corrected chi connectivity index (χ4v) is 3.68. The van der Waals surface area contributed by atoms with E-state index in [1.165, 1.54) is 5.56 Å². The number of hydrogen-bond donors (Lipinski definition) is 1. The van der Waals surface area contributed by atoms with Gasteiger partial charge in [0.05, 0.1) is 5.92 Å². The number of benzene rings is 1. The number of hydrogen-bond acceptors (Lipinski definition) is 3. The summed E-state index contributed by atoms with van der Waals surface area (Å²) in [5, 5.41) is 3.35. The minimum absolute atomic E-state index is 0.170. The van der Waals surface area contributed by atoms with E-state index in [-0.39, 0.29) is 5.92 Å². The van der Waals surface area contributed by atoms with Crippen molar-refractivity contribution < 1.29 is 4.79 Å². The lowest BCUT2D eigenvalue weighted by atomic mass is 9.95. The minimum Gasteiger partial charge on any atom is -0.341 e. The molecule has 0 bridgehead atoms. The van der Waals surface area contributed by atoms with Crippen LogP contribution in [0.1, 0.15) is 24.8 Å². The van der Waals surface area contributed by atoms with Crippen LogP contribution >= 0.6 is 0 Å². The zero-order valence-electron chi connectivity index (χ0n) is 13.5. The Morgan fingerprint density at radius 1 is 1.32 bits per heavy atom. The Labute approximate surface area is 133 Å². The van der Waals surface area contributed by atoms with Crippen molar-refractivity contribution in [1.29, 1.82) is 0 Å². The Morgan fingerprint density at radius 2 is 2.14 bits per heavy atom. The average Bonchev–Trinajstić information content (AvgIpc) is 3.09. The number of likely N-dealkylation sites (N-methyl/N-ethyl adjacent to an activating group) is 1. The van der Waals surface area contributed by atoms with E-state index < -0.39 is 0 Å². The number of carbonyl (C=O) groups is 1. The highest BCUT2D eigenvalue weighted by molar-refractivity contribution is 5.79. The van der Waals surface area contributed by atoms with Crippen molar-refractivity contribution in [2.45, 2.75) is 31.8 Å². The molecule has 2 heterocycles. The maximum Gasteiger partial charge on any atom is 0.227 e. The van der Waals surface area contributed by atoms with E-state index >= 15 is 0 Å². The molecule has 2 atom stereocenters. The predicted molar refractivity (Wildman–Crippen MR) is 88.5 cm³/mol. The summed E-state index contributed by atoms with van der Waals surface area (Å²) in [5.74, 6) is 0.509. The smallest absolute Gasteiger partial charge is 0.227 e. The van der Waals surface area contributed by atoms with Gasteiger partial charge in [0.15, 0.2) is 0 Å². The second kappa shape index (κ2) is 7.25. The van der Waals surface area contributed by atoms with Gasteiger partial charge in [-0.1, -0.05) is 30.3 Å². The maximum absolute atomic E-state index is 12.8. The second-order valence-electron chi connectivity index (χ2n) is 6.66. The molecule has 4 nitrogen and oxygen atoms in total. The molecule has 4 heteroatoms. The van der Waals surface area contributed by atoms with Crippen molar-refractivity contribution >= 4 is 5.91 Å². The molecule has 2 aliphatic heterocycles. The third kappa shape index (κ3) is 3.68. The van der Waals surface area contributed by atoms with Gasteiger partial charge in [0.1, 0.15) is 0 Å². The van der Waals surface area contributed by atoms with Crippen molar-refractivity contribution in [3.05, 3.63) is 35.9 Å². The van der Waals surface area contributed by atoms with Crippen LogP contribution in [-0.2, 0) is 11.3 Å². The van der Waals surface area contributed by atoms with Crippen LogP contribution in [0.15, 0.2) is 30.3 Å². The number of nitrogens with one attached hydrogen (secondary N) is 1. The van der Waals surface area contributed by atoms with Gasteiger partial charge in [-0.25, -0.2) is 0 Å². The van der Waals surface area contributed by atoms with Crippen LogP contribution in [0, 0.1) is 5.92 Å². The largest absolute Gasteiger partial charge is 0.341 e. The van der Waals surface area contributed by atoms with Gasteiger partial charge in [0.25, 0.3) is 0 Å². The summed E-state index contributed by atoms with van der Waals surface area (Å²) in [4.78, 5) is 17.2. The zero-order chi connectivity index (χ0) is 15.4. The Kier molecular flexibility index (Phi) is 5.11. The third-order valence-corrected chi connectivity index (χ3v) is 5.03. The summed E-state index contributed by atoms with van der Waals surface area (Å²) in [5.41, 5.74) is 1.34. The summed E-state index contributed by atoms with van der Waals surface area (Å²) in [6.07, 6.45) is 3.25. The molecule has 1 amide bonds. The standard InChI is InChI=1S/C18H27N3O/c1-20(17-9-10-19-12-17)18(22)16-8-5-11-21(14-16)13-15-6-3-2-4-7-15/h2-4,6-7,16-17,19H,5,8-14H2,1H3. The van der Waals surface area contributed by atoms with E-state index in [0.717, 1.165) is 52.0 Å². The SMILES string of the molecule is CN(C(=O)C1CCCN(Cc2ccccc2)C1)C1CCNC1. The Hall–Kier alpha value is -1.39. The number of carbonyl (C=O) groups excluding carboxylic acids is 1. The second-order valence-corrected chi connectivity index (χ2v) is 6.66. The van der Waals surface area contributed by atoms with Gasteiger partial charge in [0, 0.05) is 32.7 Å². The molecule has 2 aliphatic rings. The molecule has 22 heavy (non-hydrogen) atoms.